The van der Waals surface area contributed by atoms with E-state index in [0.717, 1.165) is 15.8 Å². The van der Waals surface area contributed by atoms with Crippen molar-refractivity contribution in [3.63, 3.8) is 0 Å². The number of aromatic nitrogens is 4. The van der Waals surface area contributed by atoms with E-state index in [4.69, 9.17) is 4.74 Å². The van der Waals surface area contributed by atoms with Gasteiger partial charge in [0.1, 0.15) is 27.8 Å². The van der Waals surface area contributed by atoms with Crippen LogP contribution >= 0.6 is 11.3 Å². The summed E-state index contributed by atoms with van der Waals surface area (Å²) in [7, 11) is 1.71. The van der Waals surface area contributed by atoms with Crippen LogP contribution in [0.4, 0.5) is 4.39 Å². The number of benzene rings is 2. The zero-order valence-corrected chi connectivity index (χ0v) is 22.2. The highest BCUT2D eigenvalue weighted by molar-refractivity contribution is 7.22. The summed E-state index contributed by atoms with van der Waals surface area (Å²) in [5.74, 6) is 2.02. The van der Waals surface area contributed by atoms with E-state index in [2.05, 4.69) is 15.2 Å². The lowest BCUT2D eigenvalue weighted by atomic mass is 9.93. The molecule has 0 spiro atoms. The highest BCUT2D eigenvalue weighted by atomic mass is 32.1. The van der Waals surface area contributed by atoms with Crippen LogP contribution in [0.2, 0.25) is 0 Å². The number of H-pyrrole nitrogens is 1. The summed E-state index contributed by atoms with van der Waals surface area (Å²) in [6.07, 6.45) is 1.77. The highest BCUT2D eigenvalue weighted by Crippen LogP contribution is 2.43. The molecule has 0 unspecified atom stereocenters. The Hall–Kier alpha value is -3.82. The van der Waals surface area contributed by atoms with Crippen LogP contribution in [-0.2, 0) is 12.6 Å². The Labute approximate surface area is 217 Å². The number of pyridine rings is 1. The molecule has 3 aromatic heterocycles. The van der Waals surface area contributed by atoms with Crippen LogP contribution in [0.5, 0.6) is 11.5 Å². The average Bonchev–Trinajstić information content (AvgIpc) is 3.45. The third-order valence-electron chi connectivity index (χ3n) is 6.31. The fourth-order valence-electron chi connectivity index (χ4n) is 4.40. The summed E-state index contributed by atoms with van der Waals surface area (Å²) >= 11 is 1.34. The molecule has 37 heavy (non-hydrogen) atoms. The maximum atomic E-state index is 13.9. The Morgan fingerprint density at radius 3 is 2.38 bits per heavy atom. The Kier molecular flexibility index (Phi) is 6.00. The highest BCUT2D eigenvalue weighted by Gasteiger charge is 2.23. The number of aliphatic hydroxyl groups is 1. The Morgan fingerprint density at radius 1 is 1.05 bits per heavy atom. The normalized spacial score (nSPS) is 11.9. The molecule has 5 aromatic rings. The van der Waals surface area contributed by atoms with E-state index >= 15 is 0 Å². The minimum atomic E-state index is -1.11. The molecular formula is C28H27FN4O3S. The molecule has 7 nitrogen and oxygen atoms in total. The van der Waals surface area contributed by atoms with Crippen molar-refractivity contribution >= 4 is 21.4 Å². The summed E-state index contributed by atoms with van der Waals surface area (Å²) in [4.78, 5) is 17.0. The zero-order valence-electron chi connectivity index (χ0n) is 21.4. The lowest BCUT2D eigenvalue weighted by Crippen LogP contribution is -2.16. The predicted molar refractivity (Wildman–Crippen MR) is 144 cm³/mol. The van der Waals surface area contributed by atoms with Crippen molar-refractivity contribution < 1.29 is 14.2 Å². The lowest BCUT2D eigenvalue weighted by Gasteiger charge is -2.22. The Morgan fingerprint density at radius 2 is 1.76 bits per heavy atom. The van der Waals surface area contributed by atoms with Crippen LogP contribution in [0.15, 0.2) is 47.4 Å². The first-order valence-electron chi connectivity index (χ1n) is 11.8. The molecule has 5 rings (SSSR count). The van der Waals surface area contributed by atoms with Gasteiger partial charge in [-0.15, -0.1) is 21.5 Å². The molecule has 0 saturated carbocycles. The molecule has 0 bridgehead atoms. The Bertz CT molecular complexity index is 1700. The third kappa shape index (κ3) is 4.56. The van der Waals surface area contributed by atoms with Gasteiger partial charge in [0.05, 0.1) is 10.5 Å². The summed E-state index contributed by atoms with van der Waals surface area (Å²) in [5, 5.41) is 19.7. The van der Waals surface area contributed by atoms with Gasteiger partial charge >= 0.3 is 0 Å². The molecule has 3 heterocycles. The van der Waals surface area contributed by atoms with E-state index in [-0.39, 0.29) is 11.4 Å². The minimum absolute atomic E-state index is 0.127. The quantitative estimate of drug-likeness (QED) is 0.292. The molecule has 0 aliphatic rings. The molecule has 0 amide bonds. The Balaban J connectivity index is 1.77. The van der Waals surface area contributed by atoms with Crippen molar-refractivity contribution in [3.8, 4) is 33.3 Å². The molecule has 0 fully saturated rings. The number of hydrogen-bond donors (Lipinski definition) is 2. The molecule has 0 aliphatic carbocycles. The largest absolute Gasteiger partial charge is 0.456 e. The molecule has 2 aromatic carbocycles. The molecular weight excluding hydrogens is 491 g/mol. The number of rotatable bonds is 5. The number of nitrogens with one attached hydrogen (secondary N) is 1. The molecule has 0 radical (unpaired) electrons. The van der Waals surface area contributed by atoms with E-state index in [0.29, 0.717) is 50.1 Å². The summed E-state index contributed by atoms with van der Waals surface area (Å²) in [6, 6.07) is 10.3. The maximum absolute atomic E-state index is 13.9. The molecule has 0 saturated heterocycles. The fourth-order valence-corrected chi connectivity index (χ4v) is 5.49. The number of fused-ring (bicyclic) bond motifs is 1. The number of thiophene rings is 1. The number of nitrogens with zero attached hydrogens (tertiary/aromatic N) is 3. The van der Waals surface area contributed by atoms with Crippen molar-refractivity contribution in [1.29, 1.82) is 0 Å². The van der Waals surface area contributed by atoms with Crippen LogP contribution < -0.4 is 10.3 Å². The van der Waals surface area contributed by atoms with E-state index < -0.39 is 5.60 Å². The summed E-state index contributed by atoms with van der Waals surface area (Å²) < 4.78 is 22.5. The van der Waals surface area contributed by atoms with E-state index in [9.17, 15) is 14.3 Å². The van der Waals surface area contributed by atoms with Crippen LogP contribution in [-0.4, -0.2) is 24.9 Å². The van der Waals surface area contributed by atoms with Gasteiger partial charge in [-0.2, -0.15) is 0 Å². The topological polar surface area (TPSA) is 93.0 Å². The molecule has 0 aliphatic heterocycles. The molecule has 190 valence electrons. The standard InChI is InChI=1S/C28H27FN4O3S/c1-14-9-18(29)10-15(2)24(14)36-22-8-7-17(28(4,5)35)11-19(22)21-13-33(6)27(34)25-20(21)12-23(37-25)26-30-16(3)31-32-26/h7-13,35H,1-6H3,(H,30,31,32). The predicted octanol–water partition coefficient (Wildman–Crippen LogP) is 6.14. The molecule has 9 heteroatoms. The van der Waals surface area contributed by atoms with Crippen molar-refractivity contribution in [2.24, 2.45) is 7.05 Å². The first kappa shape index (κ1) is 24.9. The van der Waals surface area contributed by atoms with Gasteiger partial charge in [0.25, 0.3) is 5.56 Å². The van der Waals surface area contributed by atoms with Crippen molar-refractivity contribution in [2.75, 3.05) is 0 Å². The van der Waals surface area contributed by atoms with Gasteiger partial charge < -0.3 is 19.4 Å². The molecule has 0 atom stereocenters. The van der Waals surface area contributed by atoms with Gasteiger partial charge in [-0.1, -0.05) is 6.07 Å². The second kappa shape index (κ2) is 8.93. The SMILES string of the molecule is Cc1nnc(-c2cc3c(-c4cc(C(C)(C)O)ccc4Oc4c(C)cc(F)cc4C)cn(C)c(=O)c3s2)[nH]1. The minimum Gasteiger partial charge on any atom is -0.456 e. The van der Waals surface area contributed by atoms with Gasteiger partial charge in [0.15, 0.2) is 5.82 Å². The van der Waals surface area contributed by atoms with Crippen LogP contribution in [0.1, 0.15) is 36.4 Å². The number of halogens is 1. The van der Waals surface area contributed by atoms with Gasteiger partial charge in [-0.3, -0.25) is 4.79 Å². The smallest absolute Gasteiger partial charge is 0.268 e. The van der Waals surface area contributed by atoms with Crippen LogP contribution in [0.25, 0.3) is 31.9 Å². The van der Waals surface area contributed by atoms with E-state index in [1.54, 1.807) is 51.6 Å². The van der Waals surface area contributed by atoms with E-state index in [1.165, 1.54) is 23.5 Å². The summed E-state index contributed by atoms with van der Waals surface area (Å²) in [5.41, 5.74) is 2.24. The number of hydrogen-bond acceptors (Lipinski definition) is 6. The monoisotopic (exact) mass is 518 g/mol. The maximum Gasteiger partial charge on any atom is 0.268 e. The van der Waals surface area contributed by atoms with Crippen molar-refractivity contribution in [1.82, 2.24) is 19.7 Å². The number of aryl methyl sites for hydroxylation is 4. The first-order valence-corrected chi connectivity index (χ1v) is 12.6. The number of aromatic amines is 1. The van der Waals surface area contributed by atoms with Gasteiger partial charge in [-0.05, 0) is 81.6 Å². The van der Waals surface area contributed by atoms with Gasteiger partial charge in [0, 0.05) is 29.8 Å². The second-order valence-corrected chi connectivity index (χ2v) is 10.9. The van der Waals surface area contributed by atoms with Crippen molar-refractivity contribution in [3.05, 3.63) is 81.3 Å². The average molecular weight is 519 g/mol. The van der Waals surface area contributed by atoms with Crippen LogP contribution in [0.3, 0.4) is 0 Å². The van der Waals surface area contributed by atoms with Crippen molar-refractivity contribution in [2.45, 2.75) is 40.2 Å². The second-order valence-electron chi connectivity index (χ2n) is 9.81. The zero-order chi connectivity index (χ0) is 26.6. The van der Waals surface area contributed by atoms with E-state index in [1.807, 2.05) is 25.1 Å². The third-order valence-corrected chi connectivity index (χ3v) is 7.44. The van der Waals surface area contributed by atoms with Crippen LogP contribution in [0, 0.1) is 26.6 Å². The fraction of sp³-hybridized carbons (Fsp3) is 0.250. The summed E-state index contributed by atoms with van der Waals surface area (Å²) in [6.45, 7) is 8.84. The lowest BCUT2D eigenvalue weighted by molar-refractivity contribution is 0.0786. The molecule has 2 N–H and O–H groups in total. The number of ether oxygens (including phenoxy) is 1. The van der Waals surface area contributed by atoms with Gasteiger partial charge in [0.2, 0.25) is 0 Å². The van der Waals surface area contributed by atoms with Gasteiger partial charge in [-0.25, -0.2) is 4.39 Å². The first-order chi connectivity index (χ1) is 17.4.